The first kappa shape index (κ1) is 12.9. The lowest BCUT2D eigenvalue weighted by Crippen LogP contribution is -2.34. The minimum absolute atomic E-state index is 0.105. The Morgan fingerprint density at radius 3 is 2.95 bits per heavy atom. The van der Waals surface area contributed by atoms with E-state index in [1.54, 1.807) is 25.5 Å². The number of carbonyl (C=O) groups excluding carboxylic acids is 1. The summed E-state index contributed by atoms with van der Waals surface area (Å²) in [4.78, 5) is 23.6. The van der Waals surface area contributed by atoms with Crippen LogP contribution in [0.1, 0.15) is 13.0 Å². The minimum atomic E-state index is -0.376. The van der Waals surface area contributed by atoms with Gasteiger partial charge in [0.05, 0.1) is 6.20 Å². The zero-order valence-corrected chi connectivity index (χ0v) is 10.5. The van der Waals surface area contributed by atoms with Crippen molar-refractivity contribution in [1.29, 1.82) is 0 Å². The summed E-state index contributed by atoms with van der Waals surface area (Å²) in [6.45, 7) is 2.84. The monoisotopic (exact) mass is 261 g/mol. The average molecular weight is 261 g/mol. The molecule has 0 radical (unpaired) electrons. The third-order valence-corrected chi connectivity index (χ3v) is 2.51. The van der Waals surface area contributed by atoms with Crippen LogP contribution in [0.2, 0.25) is 0 Å². The van der Waals surface area contributed by atoms with Crippen LogP contribution in [0.25, 0.3) is 0 Å². The van der Waals surface area contributed by atoms with Crippen LogP contribution in [0.15, 0.2) is 31.2 Å². The molecule has 1 amide bonds. The molecule has 0 spiro atoms. The zero-order valence-electron chi connectivity index (χ0n) is 10.5. The molecule has 19 heavy (non-hydrogen) atoms. The number of rotatable bonds is 6. The normalized spacial score (nSPS) is 11.8. The van der Waals surface area contributed by atoms with Gasteiger partial charge in [-0.2, -0.15) is 5.10 Å². The number of aromatic nitrogens is 5. The van der Waals surface area contributed by atoms with Crippen LogP contribution in [0.3, 0.4) is 0 Å². The molecular formula is C11H15N7O. The average Bonchev–Trinajstić information content (AvgIpc) is 2.98. The van der Waals surface area contributed by atoms with Gasteiger partial charge in [-0.1, -0.05) is 0 Å². The van der Waals surface area contributed by atoms with Crippen LogP contribution in [-0.4, -0.2) is 43.7 Å². The predicted molar refractivity (Wildman–Crippen MR) is 68.3 cm³/mol. The first-order chi connectivity index (χ1) is 9.27. The van der Waals surface area contributed by atoms with Crippen LogP contribution < -0.4 is 10.6 Å². The molecule has 0 saturated heterocycles. The molecule has 2 rings (SSSR count). The third kappa shape index (κ3) is 3.73. The summed E-state index contributed by atoms with van der Waals surface area (Å²) < 4.78 is 1.51. The molecule has 2 N–H and O–H groups in total. The van der Waals surface area contributed by atoms with Gasteiger partial charge in [-0.3, -0.25) is 9.78 Å². The number of nitrogens with one attached hydrogen (secondary N) is 2. The van der Waals surface area contributed by atoms with Crippen LogP contribution in [-0.2, 0) is 4.79 Å². The number of nitrogens with zero attached hydrogens (tertiary/aromatic N) is 5. The highest BCUT2D eigenvalue weighted by atomic mass is 16.2. The Morgan fingerprint density at radius 1 is 1.37 bits per heavy atom. The second kappa shape index (κ2) is 6.43. The Balaban J connectivity index is 1.70. The molecule has 1 atom stereocenters. The third-order valence-electron chi connectivity index (χ3n) is 2.51. The highest BCUT2D eigenvalue weighted by Crippen LogP contribution is 2.01. The quantitative estimate of drug-likeness (QED) is 0.702. The molecule has 0 aliphatic rings. The van der Waals surface area contributed by atoms with Crippen LogP contribution in [0.5, 0.6) is 0 Å². The fourth-order valence-electron chi connectivity index (χ4n) is 1.45. The van der Waals surface area contributed by atoms with Crippen molar-refractivity contribution in [2.24, 2.45) is 0 Å². The van der Waals surface area contributed by atoms with Gasteiger partial charge in [0.25, 0.3) is 0 Å². The molecule has 0 bridgehead atoms. The van der Waals surface area contributed by atoms with Crippen molar-refractivity contribution in [2.75, 3.05) is 18.4 Å². The maximum atomic E-state index is 11.8. The van der Waals surface area contributed by atoms with Gasteiger partial charge in [0.15, 0.2) is 0 Å². The molecule has 0 saturated carbocycles. The van der Waals surface area contributed by atoms with Crippen molar-refractivity contribution < 1.29 is 4.79 Å². The molecular weight excluding hydrogens is 246 g/mol. The van der Waals surface area contributed by atoms with E-state index in [9.17, 15) is 4.79 Å². The Hall–Kier alpha value is -2.51. The smallest absolute Gasteiger partial charge is 0.244 e. The van der Waals surface area contributed by atoms with Crippen molar-refractivity contribution >= 4 is 11.7 Å². The number of hydrogen-bond donors (Lipinski definition) is 2. The molecule has 1 unspecified atom stereocenters. The van der Waals surface area contributed by atoms with E-state index in [2.05, 4.69) is 30.7 Å². The highest BCUT2D eigenvalue weighted by Gasteiger charge is 2.14. The molecule has 2 aromatic heterocycles. The summed E-state index contributed by atoms with van der Waals surface area (Å²) in [6.07, 6.45) is 7.75. The van der Waals surface area contributed by atoms with Crippen molar-refractivity contribution in [3.8, 4) is 0 Å². The van der Waals surface area contributed by atoms with E-state index in [1.165, 1.54) is 17.3 Å². The topological polar surface area (TPSA) is 97.6 Å². The van der Waals surface area contributed by atoms with E-state index < -0.39 is 0 Å². The fraction of sp³-hybridized carbons (Fsp3) is 0.364. The summed E-state index contributed by atoms with van der Waals surface area (Å²) >= 11 is 0. The molecule has 0 aromatic carbocycles. The second-order valence-electron chi connectivity index (χ2n) is 3.86. The van der Waals surface area contributed by atoms with Crippen LogP contribution in [0.4, 0.5) is 5.82 Å². The summed E-state index contributed by atoms with van der Waals surface area (Å²) in [5.74, 6) is 0.576. The fourth-order valence-corrected chi connectivity index (χ4v) is 1.45. The molecule has 0 aliphatic carbocycles. The van der Waals surface area contributed by atoms with Crippen molar-refractivity contribution in [3.63, 3.8) is 0 Å². The molecule has 8 nitrogen and oxygen atoms in total. The first-order valence-corrected chi connectivity index (χ1v) is 5.89. The lowest BCUT2D eigenvalue weighted by Gasteiger charge is -2.12. The predicted octanol–water partition coefficient (Wildman–Crippen LogP) is -0.143. The van der Waals surface area contributed by atoms with Crippen molar-refractivity contribution in [3.05, 3.63) is 31.2 Å². The summed E-state index contributed by atoms with van der Waals surface area (Å²) in [6, 6.07) is -0.376. The van der Waals surface area contributed by atoms with Gasteiger partial charge in [-0.25, -0.2) is 14.6 Å². The van der Waals surface area contributed by atoms with E-state index in [0.717, 1.165) is 0 Å². The first-order valence-electron chi connectivity index (χ1n) is 5.89. The van der Waals surface area contributed by atoms with Crippen molar-refractivity contribution in [1.82, 2.24) is 30.0 Å². The maximum absolute atomic E-state index is 11.8. The number of anilines is 1. The molecule has 100 valence electrons. The Kier molecular flexibility index (Phi) is 4.38. The number of carbonyl (C=O) groups is 1. The van der Waals surface area contributed by atoms with Gasteiger partial charge >= 0.3 is 0 Å². The van der Waals surface area contributed by atoms with Gasteiger partial charge in [-0.15, -0.1) is 0 Å². The van der Waals surface area contributed by atoms with E-state index in [4.69, 9.17) is 0 Å². The maximum Gasteiger partial charge on any atom is 0.244 e. The Labute approximate surface area is 110 Å². The molecule has 0 aliphatic heterocycles. The van der Waals surface area contributed by atoms with Crippen LogP contribution in [0, 0.1) is 0 Å². The SMILES string of the molecule is CC(C(=O)NCCNc1cnccn1)n1cncn1. The molecule has 2 aromatic rings. The molecule has 2 heterocycles. The summed E-state index contributed by atoms with van der Waals surface area (Å²) in [5, 5.41) is 9.78. The van der Waals surface area contributed by atoms with Gasteiger partial charge in [0, 0.05) is 25.5 Å². The Bertz CT molecular complexity index is 499. The van der Waals surface area contributed by atoms with Gasteiger partial charge in [0.2, 0.25) is 5.91 Å². The van der Waals surface area contributed by atoms with Crippen LogP contribution >= 0.6 is 0 Å². The van der Waals surface area contributed by atoms with E-state index in [0.29, 0.717) is 18.9 Å². The summed E-state index contributed by atoms with van der Waals surface area (Å²) in [5.41, 5.74) is 0. The zero-order chi connectivity index (χ0) is 13.5. The number of amides is 1. The minimum Gasteiger partial charge on any atom is -0.367 e. The lowest BCUT2D eigenvalue weighted by molar-refractivity contribution is -0.124. The largest absolute Gasteiger partial charge is 0.367 e. The van der Waals surface area contributed by atoms with Gasteiger partial charge < -0.3 is 10.6 Å². The summed E-state index contributed by atoms with van der Waals surface area (Å²) in [7, 11) is 0. The van der Waals surface area contributed by atoms with Gasteiger partial charge in [0.1, 0.15) is 24.5 Å². The van der Waals surface area contributed by atoms with E-state index in [-0.39, 0.29) is 11.9 Å². The second-order valence-corrected chi connectivity index (χ2v) is 3.86. The standard InChI is InChI=1S/C11H15N7O/c1-9(18-8-13-7-17-18)11(19)16-5-4-15-10-6-12-2-3-14-10/h2-3,6-9H,4-5H2,1H3,(H,14,15)(H,16,19). The Morgan fingerprint density at radius 2 is 2.26 bits per heavy atom. The van der Waals surface area contributed by atoms with E-state index in [1.807, 2.05) is 0 Å². The molecule has 0 fully saturated rings. The lowest BCUT2D eigenvalue weighted by atomic mass is 10.3. The van der Waals surface area contributed by atoms with Gasteiger partial charge in [-0.05, 0) is 6.92 Å². The van der Waals surface area contributed by atoms with E-state index >= 15 is 0 Å². The molecule has 8 heteroatoms. The highest BCUT2D eigenvalue weighted by molar-refractivity contribution is 5.79. The number of hydrogen-bond acceptors (Lipinski definition) is 6. The van der Waals surface area contributed by atoms with Crippen molar-refractivity contribution in [2.45, 2.75) is 13.0 Å².